The first-order valence-electron chi connectivity index (χ1n) is 10.1. The first-order chi connectivity index (χ1) is 13.0. The number of nitrogens with one attached hydrogen (secondary N) is 2. The molecule has 0 unspecified atom stereocenters. The molecule has 1 aliphatic carbocycles. The molecule has 2 heterocycles. The maximum absolute atomic E-state index is 12.9. The summed E-state index contributed by atoms with van der Waals surface area (Å²) < 4.78 is 28.8. The largest absolute Gasteiger partial charge is 0.323 e. The SMILES string of the molecule is CCN(CC)S(=O)(=O)N1CCC[C@@H](c2[nH]ncc2NC(=O)C2CCCC2)C1. The number of rotatable bonds is 7. The van der Waals surface area contributed by atoms with Crippen LogP contribution in [-0.2, 0) is 15.0 Å². The van der Waals surface area contributed by atoms with Crippen LogP contribution in [0.3, 0.4) is 0 Å². The highest BCUT2D eigenvalue weighted by Gasteiger charge is 2.34. The van der Waals surface area contributed by atoms with Crippen LogP contribution >= 0.6 is 0 Å². The Hall–Kier alpha value is -1.45. The molecule has 152 valence electrons. The zero-order valence-electron chi connectivity index (χ0n) is 16.3. The number of amides is 1. The Balaban J connectivity index is 1.72. The highest BCUT2D eigenvalue weighted by atomic mass is 32.2. The molecule has 2 aliphatic rings. The van der Waals surface area contributed by atoms with E-state index in [2.05, 4.69) is 15.5 Å². The number of hydrogen-bond donors (Lipinski definition) is 2. The molecular weight excluding hydrogens is 366 g/mol. The van der Waals surface area contributed by atoms with Gasteiger partial charge in [-0.1, -0.05) is 26.7 Å². The first kappa shape index (κ1) is 20.3. The third-order valence-corrected chi connectivity index (χ3v) is 7.96. The minimum atomic E-state index is -3.45. The van der Waals surface area contributed by atoms with Crippen LogP contribution in [0.25, 0.3) is 0 Å². The maximum Gasteiger partial charge on any atom is 0.281 e. The average Bonchev–Trinajstić information content (AvgIpc) is 3.34. The van der Waals surface area contributed by atoms with E-state index in [1.54, 1.807) is 10.5 Å². The van der Waals surface area contributed by atoms with Crippen molar-refractivity contribution >= 4 is 21.8 Å². The second-order valence-electron chi connectivity index (χ2n) is 7.46. The number of H-pyrrole nitrogens is 1. The first-order valence-corrected chi connectivity index (χ1v) is 11.5. The molecule has 1 aromatic heterocycles. The zero-order chi connectivity index (χ0) is 19.4. The van der Waals surface area contributed by atoms with E-state index in [0.29, 0.717) is 31.9 Å². The van der Waals surface area contributed by atoms with Crippen molar-refractivity contribution in [2.24, 2.45) is 5.92 Å². The lowest BCUT2D eigenvalue weighted by Crippen LogP contribution is -2.47. The van der Waals surface area contributed by atoms with E-state index in [1.165, 1.54) is 4.31 Å². The number of aromatic amines is 1. The fraction of sp³-hybridized carbons (Fsp3) is 0.778. The molecule has 1 amide bonds. The molecule has 9 heteroatoms. The summed E-state index contributed by atoms with van der Waals surface area (Å²) in [6.07, 6.45) is 7.41. The topological polar surface area (TPSA) is 98.4 Å². The molecule has 27 heavy (non-hydrogen) atoms. The van der Waals surface area contributed by atoms with Crippen LogP contribution in [0.2, 0.25) is 0 Å². The van der Waals surface area contributed by atoms with Gasteiger partial charge >= 0.3 is 0 Å². The number of anilines is 1. The fourth-order valence-electron chi connectivity index (χ4n) is 4.23. The van der Waals surface area contributed by atoms with Crippen LogP contribution < -0.4 is 5.32 Å². The van der Waals surface area contributed by atoms with E-state index >= 15 is 0 Å². The number of carbonyl (C=O) groups is 1. The van der Waals surface area contributed by atoms with Crippen LogP contribution in [0.5, 0.6) is 0 Å². The van der Waals surface area contributed by atoms with Gasteiger partial charge in [-0.2, -0.15) is 22.1 Å². The van der Waals surface area contributed by atoms with Crippen LogP contribution in [0, 0.1) is 5.92 Å². The van der Waals surface area contributed by atoms with E-state index in [-0.39, 0.29) is 17.7 Å². The molecule has 1 atom stereocenters. The van der Waals surface area contributed by atoms with Gasteiger partial charge in [0.25, 0.3) is 10.2 Å². The predicted molar refractivity (Wildman–Crippen MR) is 105 cm³/mol. The maximum atomic E-state index is 12.9. The van der Waals surface area contributed by atoms with Gasteiger partial charge in [-0.15, -0.1) is 0 Å². The van der Waals surface area contributed by atoms with Gasteiger partial charge in [0.05, 0.1) is 17.6 Å². The van der Waals surface area contributed by atoms with Gasteiger partial charge < -0.3 is 5.32 Å². The summed E-state index contributed by atoms with van der Waals surface area (Å²) in [5, 5.41) is 10.1. The summed E-state index contributed by atoms with van der Waals surface area (Å²) >= 11 is 0. The molecule has 0 spiro atoms. The average molecular weight is 398 g/mol. The quantitative estimate of drug-likeness (QED) is 0.737. The minimum Gasteiger partial charge on any atom is -0.323 e. The van der Waals surface area contributed by atoms with E-state index in [0.717, 1.165) is 44.2 Å². The van der Waals surface area contributed by atoms with Crippen molar-refractivity contribution in [3.05, 3.63) is 11.9 Å². The van der Waals surface area contributed by atoms with Crippen molar-refractivity contribution in [2.75, 3.05) is 31.5 Å². The lowest BCUT2D eigenvalue weighted by atomic mass is 9.95. The lowest BCUT2D eigenvalue weighted by molar-refractivity contribution is -0.119. The van der Waals surface area contributed by atoms with Crippen molar-refractivity contribution in [1.29, 1.82) is 0 Å². The number of nitrogens with zero attached hydrogens (tertiary/aromatic N) is 3. The smallest absolute Gasteiger partial charge is 0.281 e. The Morgan fingerprint density at radius 3 is 2.63 bits per heavy atom. The molecule has 3 rings (SSSR count). The monoisotopic (exact) mass is 397 g/mol. The molecule has 0 aromatic carbocycles. The molecule has 1 saturated heterocycles. The molecule has 0 radical (unpaired) electrons. The van der Waals surface area contributed by atoms with E-state index in [9.17, 15) is 13.2 Å². The number of piperidine rings is 1. The molecular formula is C18H31N5O3S. The van der Waals surface area contributed by atoms with Crippen molar-refractivity contribution in [1.82, 2.24) is 18.8 Å². The normalized spacial score (nSPS) is 22.4. The molecule has 8 nitrogen and oxygen atoms in total. The van der Waals surface area contributed by atoms with Gasteiger partial charge in [0, 0.05) is 38.0 Å². The number of aromatic nitrogens is 2. The second-order valence-corrected chi connectivity index (χ2v) is 9.39. The van der Waals surface area contributed by atoms with Gasteiger partial charge in [0.2, 0.25) is 5.91 Å². The van der Waals surface area contributed by atoms with Crippen LogP contribution in [-0.4, -0.2) is 59.3 Å². The second kappa shape index (κ2) is 8.70. The Bertz CT molecular complexity index is 738. The molecule has 2 fully saturated rings. The Morgan fingerprint density at radius 1 is 1.26 bits per heavy atom. The van der Waals surface area contributed by atoms with E-state index in [4.69, 9.17) is 0 Å². The van der Waals surface area contributed by atoms with Gasteiger partial charge in [-0.05, 0) is 25.7 Å². The Kier molecular flexibility index (Phi) is 6.54. The fourth-order valence-corrected chi connectivity index (χ4v) is 5.94. The third-order valence-electron chi connectivity index (χ3n) is 5.80. The van der Waals surface area contributed by atoms with Gasteiger partial charge in [0.15, 0.2) is 0 Å². The summed E-state index contributed by atoms with van der Waals surface area (Å²) in [4.78, 5) is 12.5. The minimum absolute atomic E-state index is 0.00506. The summed E-state index contributed by atoms with van der Waals surface area (Å²) in [6.45, 7) is 5.59. The molecule has 2 N–H and O–H groups in total. The highest BCUT2D eigenvalue weighted by Crippen LogP contribution is 2.33. The van der Waals surface area contributed by atoms with Crippen molar-refractivity contribution in [3.63, 3.8) is 0 Å². The summed E-state index contributed by atoms with van der Waals surface area (Å²) in [7, 11) is -3.45. The molecule has 1 saturated carbocycles. The number of hydrogen-bond acceptors (Lipinski definition) is 4. The van der Waals surface area contributed by atoms with Gasteiger partial charge in [-0.25, -0.2) is 0 Å². The summed E-state index contributed by atoms with van der Waals surface area (Å²) in [5.41, 5.74) is 1.53. The standard InChI is InChI=1S/C18H31N5O3S/c1-3-22(4-2)27(25,26)23-11-7-10-15(13-23)17-16(12-19-21-17)20-18(24)14-8-5-6-9-14/h12,14-15H,3-11,13H2,1-2H3,(H,19,21)(H,20,24)/t15-/m1/s1. The third kappa shape index (κ3) is 4.35. The molecule has 0 bridgehead atoms. The van der Waals surface area contributed by atoms with E-state index in [1.807, 2.05) is 13.8 Å². The Morgan fingerprint density at radius 2 is 1.96 bits per heavy atom. The van der Waals surface area contributed by atoms with Gasteiger partial charge in [0.1, 0.15) is 0 Å². The molecule has 1 aliphatic heterocycles. The molecule has 1 aromatic rings. The predicted octanol–water partition coefficient (Wildman–Crippen LogP) is 2.30. The Labute approximate surface area is 161 Å². The zero-order valence-corrected chi connectivity index (χ0v) is 17.1. The summed E-state index contributed by atoms with van der Waals surface area (Å²) in [6, 6.07) is 0. The van der Waals surface area contributed by atoms with Crippen molar-refractivity contribution in [3.8, 4) is 0 Å². The van der Waals surface area contributed by atoms with Crippen molar-refractivity contribution in [2.45, 2.75) is 58.3 Å². The number of carbonyl (C=O) groups excluding carboxylic acids is 1. The highest BCUT2D eigenvalue weighted by molar-refractivity contribution is 7.86. The van der Waals surface area contributed by atoms with Crippen LogP contribution in [0.1, 0.15) is 64.0 Å². The van der Waals surface area contributed by atoms with Gasteiger partial charge in [-0.3, -0.25) is 9.89 Å². The van der Waals surface area contributed by atoms with Crippen molar-refractivity contribution < 1.29 is 13.2 Å². The van der Waals surface area contributed by atoms with Crippen LogP contribution in [0.4, 0.5) is 5.69 Å². The van der Waals surface area contributed by atoms with Crippen LogP contribution in [0.15, 0.2) is 6.20 Å². The van der Waals surface area contributed by atoms with E-state index < -0.39 is 10.2 Å². The summed E-state index contributed by atoms with van der Waals surface area (Å²) in [5.74, 6) is 0.141. The lowest BCUT2D eigenvalue weighted by Gasteiger charge is -2.34.